The Morgan fingerprint density at radius 1 is 1.10 bits per heavy atom. The summed E-state index contributed by atoms with van der Waals surface area (Å²) in [6.45, 7) is 0. The van der Waals surface area contributed by atoms with Gasteiger partial charge in [0.15, 0.2) is 5.78 Å². The standard InChI is InChI=1S/C23H19ClN2O4S/c1-30-21-4-2-3-19(24)23(21)31(28,29)18-9-5-16(6-10-18)7-11-20(27)17-8-12-22-25-13-14-26(22)15-17/h2-6,8-10,12-15H,7,11H2,1H3. The molecular weight excluding hydrogens is 436 g/mol. The Kier molecular flexibility index (Phi) is 5.80. The molecule has 0 atom stereocenters. The fraction of sp³-hybridized carbons (Fsp3) is 0.130. The van der Waals surface area contributed by atoms with Crippen LogP contribution in [0.3, 0.4) is 0 Å². The summed E-state index contributed by atoms with van der Waals surface area (Å²) in [6.07, 6.45) is 6.04. The van der Waals surface area contributed by atoms with Crippen LogP contribution in [0.4, 0.5) is 0 Å². The maximum atomic E-state index is 13.1. The third-order valence-electron chi connectivity index (χ3n) is 5.00. The predicted molar refractivity (Wildman–Crippen MR) is 118 cm³/mol. The number of sulfone groups is 1. The molecule has 6 nitrogen and oxygen atoms in total. The normalized spacial score (nSPS) is 11.5. The average Bonchev–Trinajstić information content (AvgIpc) is 3.25. The van der Waals surface area contributed by atoms with Crippen LogP contribution in [0.1, 0.15) is 22.3 Å². The van der Waals surface area contributed by atoms with Crippen LogP contribution >= 0.6 is 11.6 Å². The monoisotopic (exact) mass is 454 g/mol. The average molecular weight is 455 g/mol. The molecule has 4 rings (SSSR count). The molecule has 0 aliphatic heterocycles. The Morgan fingerprint density at radius 3 is 2.61 bits per heavy atom. The molecular formula is C23H19ClN2O4S. The minimum Gasteiger partial charge on any atom is -0.495 e. The molecule has 0 amide bonds. The second-order valence-electron chi connectivity index (χ2n) is 6.95. The molecule has 0 fully saturated rings. The maximum Gasteiger partial charge on any atom is 0.211 e. The summed E-state index contributed by atoms with van der Waals surface area (Å²) in [5.41, 5.74) is 2.25. The van der Waals surface area contributed by atoms with Gasteiger partial charge in [0.25, 0.3) is 0 Å². The summed E-state index contributed by atoms with van der Waals surface area (Å²) in [6, 6.07) is 14.7. The van der Waals surface area contributed by atoms with Crippen molar-refractivity contribution in [3.05, 3.63) is 89.3 Å². The van der Waals surface area contributed by atoms with E-state index in [0.717, 1.165) is 11.2 Å². The highest BCUT2D eigenvalue weighted by atomic mass is 35.5. The molecule has 158 valence electrons. The zero-order valence-corrected chi connectivity index (χ0v) is 18.2. The quantitative estimate of drug-likeness (QED) is 0.380. The number of carbonyl (C=O) groups is 1. The number of ketones is 1. The lowest BCUT2D eigenvalue weighted by Gasteiger charge is -2.11. The molecule has 0 radical (unpaired) electrons. The van der Waals surface area contributed by atoms with E-state index >= 15 is 0 Å². The van der Waals surface area contributed by atoms with Crippen LogP contribution < -0.4 is 4.74 Å². The minimum absolute atomic E-state index is 0.00750. The van der Waals surface area contributed by atoms with Gasteiger partial charge in [0.05, 0.1) is 17.0 Å². The molecule has 2 heterocycles. The molecule has 0 bridgehead atoms. The maximum absolute atomic E-state index is 13.1. The minimum atomic E-state index is -3.85. The van der Waals surface area contributed by atoms with Crippen molar-refractivity contribution in [3.63, 3.8) is 0 Å². The van der Waals surface area contributed by atoms with Crippen LogP contribution in [0.2, 0.25) is 5.02 Å². The molecule has 0 unspecified atom stereocenters. The van der Waals surface area contributed by atoms with Crippen molar-refractivity contribution in [2.75, 3.05) is 7.11 Å². The number of rotatable bonds is 7. The van der Waals surface area contributed by atoms with Gasteiger partial charge in [-0.1, -0.05) is 29.8 Å². The van der Waals surface area contributed by atoms with Gasteiger partial charge >= 0.3 is 0 Å². The van der Waals surface area contributed by atoms with Crippen molar-refractivity contribution >= 4 is 32.9 Å². The van der Waals surface area contributed by atoms with Crippen LogP contribution in [0, 0.1) is 0 Å². The van der Waals surface area contributed by atoms with Crippen LogP contribution in [0.25, 0.3) is 5.65 Å². The first-order chi connectivity index (χ1) is 14.9. The van der Waals surface area contributed by atoms with Crippen molar-refractivity contribution in [2.24, 2.45) is 0 Å². The van der Waals surface area contributed by atoms with E-state index in [0.29, 0.717) is 18.4 Å². The molecule has 0 aliphatic rings. The van der Waals surface area contributed by atoms with E-state index in [1.165, 1.54) is 25.3 Å². The van der Waals surface area contributed by atoms with Gasteiger partial charge in [-0.05, 0) is 48.4 Å². The Morgan fingerprint density at radius 2 is 1.87 bits per heavy atom. The predicted octanol–water partition coefficient (Wildman–Crippen LogP) is 4.64. The highest BCUT2D eigenvalue weighted by Gasteiger charge is 2.25. The first kappa shape index (κ1) is 21.1. The zero-order valence-electron chi connectivity index (χ0n) is 16.7. The van der Waals surface area contributed by atoms with Gasteiger partial charge in [-0.3, -0.25) is 4.79 Å². The van der Waals surface area contributed by atoms with Crippen LogP contribution in [0.15, 0.2) is 83.0 Å². The first-order valence-electron chi connectivity index (χ1n) is 9.52. The summed E-state index contributed by atoms with van der Waals surface area (Å²) in [4.78, 5) is 16.8. The van der Waals surface area contributed by atoms with Gasteiger partial charge in [-0.15, -0.1) is 0 Å². The van der Waals surface area contributed by atoms with Gasteiger partial charge in [-0.25, -0.2) is 13.4 Å². The topological polar surface area (TPSA) is 77.7 Å². The van der Waals surface area contributed by atoms with Crippen molar-refractivity contribution in [1.29, 1.82) is 0 Å². The Bertz CT molecular complexity index is 1360. The van der Waals surface area contributed by atoms with Crippen molar-refractivity contribution in [3.8, 4) is 5.75 Å². The fourth-order valence-electron chi connectivity index (χ4n) is 3.35. The van der Waals surface area contributed by atoms with Gasteiger partial charge < -0.3 is 9.14 Å². The van der Waals surface area contributed by atoms with Gasteiger partial charge in [0, 0.05) is 30.6 Å². The number of nitrogens with zero attached hydrogens (tertiary/aromatic N) is 2. The number of fused-ring (bicyclic) bond motifs is 1. The number of hydrogen-bond donors (Lipinski definition) is 0. The number of aryl methyl sites for hydroxylation is 1. The Hall–Kier alpha value is -3.16. The number of carbonyl (C=O) groups excluding carboxylic acids is 1. The molecule has 4 aromatic rings. The summed E-state index contributed by atoms with van der Waals surface area (Å²) in [5, 5.41) is 0.101. The number of methoxy groups -OCH3 is 1. The van der Waals surface area contributed by atoms with E-state index in [1.807, 2.05) is 0 Å². The molecule has 0 N–H and O–H groups in total. The molecule has 2 aromatic carbocycles. The first-order valence-corrected chi connectivity index (χ1v) is 11.4. The lowest BCUT2D eigenvalue weighted by molar-refractivity contribution is 0.0982. The molecule has 31 heavy (non-hydrogen) atoms. The number of imidazole rings is 1. The number of Topliss-reactive ketones (excluding diaryl/α,β-unsaturated/α-hetero) is 1. The van der Waals surface area contributed by atoms with Crippen LogP contribution in [-0.2, 0) is 16.3 Å². The number of halogens is 1. The van der Waals surface area contributed by atoms with Crippen LogP contribution in [0.5, 0.6) is 5.75 Å². The van der Waals surface area contributed by atoms with E-state index in [2.05, 4.69) is 4.98 Å². The van der Waals surface area contributed by atoms with E-state index in [1.54, 1.807) is 59.4 Å². The van der Waals surface area contributed by atoms with Gasteiger partial charge in [0.1, 0.15) is 16.3 Å². The highest BCUT2D eigenvalue weighted by molar-refractivity contribution is 7.91. The summed E-state index contributed by atoms with van der Waals surface area (Å²) in [5.74, 6) is 0.199. The molecule has 0 saturated carbocycles. The summed E-state index contributed by atoms with van der Waals surface area (Å²) in [7, 11) is -2.45. The second-order valence-corrected chi connectivity index (χ2v) is 9.25. The zero-order chi connectivity index (χ0) is 22.0. The fourth-order valence-corrected chi connectivity index (χ4v) is 5.29. The van der Waals surface area contributed by atoms with E-state index in [4.69, 9.17) is 16.3 Å². The van der Waals surface area contributed by atoms with E-state index < -0.39 is 9.84 Å². The number of aromatic nitrogens is 2. The summed E-state index contributed by atoms with van der Waals surface area (Å²) < 4.78 is 33.1. The lowest BCUT2D eigenvalue weighted by Crippen LogP contribution is -2.06. The number of ether oxygens (including phenoxy) is 1. The lowest BCUT2D eigenvalue weighted by atomic mass is 10.0. The van der Waals surface area contributed by atoms with Crippen LogP contribution in [-0.4, -0.2) is 30.7 Å². The Labute approximate surface area is 185 Å². The van der Waals surface area contributed by atoms with Crippen molar-refractivity contribution < 1.29 is 17.9 Å². The van der Waals surface area contributed by atoms with Crippen molar-refractivity contribution in [1.82, 2.24) is 9.38 Å². The van der Waals surface area contributed by atoms with Crippen molar-refractivity contribution in [2.45, 2.75) is 22.6 Å². The summed E-state index contributed by atoms with van der Waals surface area (Å²) >= 11 is 6.14. The molecule has 8 heteroatoms. The highest BCUT2D eigenvalue weighted by Crippen LogP contribution is 2.35. The molecule has 2 aromatic heterocycles. The van der Waals surface area contributed by atoms with Gasteiger partial charge in [-0.2, -0.15) is 0 Å². The number of hydrogen-bond acceptors (Lipinski definition) is 5. The molecule has 0 saturated heterocycles. The van der Waals surface area contributed by atoms with E-state index in [-0.39, 0.29) is 26.3 Å². The second kappa shape index (κ2) is 8.53. The smallest absolute Gasteiger partial charge is 0.211 e. The largest absolute Gasteiger partial charge is 0.495 e. The molecule has 0 spiro atoms. The van der Waals surface area contributed by atoms with Gasteiger partial charge in [0.2, 0.25) is 9.84 Å². The SMILES string of the molecule is COc1cccc(Cl)c1S(=O)(=O)c1ccc(CCC(=O)c2ccc3nccn3c2)cc1. The number of benzene rings is 2. The third-order valence-corrected chi connectivity index (χ3v) is 7.28. The molecule has 0 aliphatic carbocycles. The number of pyridine rings is 1. The third kappa shape index (κ3) is 4.19. The van der Waals surface area contributed by atoms with E-state index in [9.17, 15) is 13.2 Å². The Balaban J connectivity index is 1.50.